The third kappa shape index (κ3) is 6.35. The molecule has 0 aliphatic carbocycles. The highest BCUT2D eigenvalue weighted by atomic mass is 35.5. The Morgan fingerprint density at radius 1 is 0.833 bits per heavy atom. The molecule has 0 saturated carbocycles. The van der Waals surface area contributed by atoms with E-state index in [1.54, 1.807) is 12.1 Å². The van der Waals surface area contributed by atoms with Crippen LogP contribution >= 0.6 is 23.2 Å². The van der Waals surface area contributed by atoms with Crippen LogP contribution in [0.4, 0.5) is 33.2 Å². The van der Waals surface area contributed by atoms with E-state index in [2.05, 4.69) is 25.8 Å². The Morgan fingerprint density at radius 2 is 1.52 bits per heavy atom. The predicted molar refractivity (Wildman–Crippen MR) is 173 cm³/mol. The topological polar surface area (TPSA) is 107 Å². The highest BCUT2D eigenvalue weighted by molar-refractivity contribution is 6.18. The summed E-state index contributed by atoms with van der Waals surface area (Å²) in [6.45, 7) is 3.26. The number of nitrogens with zero attached hydrogens (tertiary/aromatic N) is 2. The fraction of sp³-hybridized carbons (Fsp3) is 0.156. The Morgan fingerprint density at radius 3 is 2.24 bits per heavy atom. The summed E-state index contributed by atoms with van der Waals surface area (Å²) < 4.78 is 0. The number of amides is 2. The lowest BCUT2D eigenvalue weighted by Crippen LogP contribution is -2.27. The first-order valence-electron chi connectivity index (χ1n) is 13.4. The molecule has 214 valence electrons. The lowest BCUT2D eigenvalue weighted by molar-refractivity contribution is 0.0699. The average Bonchev–Trinajstić information content (AvgIpc) is 2.98. The van der Waals surface area contributed by atoms with Crippen molar-refractivity contribution in [2.45, 2.75) is 6.92 Å². The number of pyridine rings is 1. The number of nitrogens with one attached hydrogen (secondary N) is 3. The van der Waals surface area contributed by atoms with Gasteiger partial charge in [0.25, 0.3) is 0 Å². The molecule has 8 nitrogen and oxygen atoms in total. The number of aromatic carboxylic acids is 1. The number of alkyl halides is 2. The number of carbonyl (C=O) groups excluding carboxylic acids is 1. The van der Waals surface area contributed by atoms with Crippen molar-refractivity contribution in [3.8, 4) is 0 Å². The van der Waals surface area contributed by atoms with Crippen LogP contribution in [0.2, 0.25) is 0 Å². The summed E-state index contributed by atoms with van der Waals surface area (Å²) in [5.74, 6) is -0.0627. The first-order chi connectivity index (χ1) is 20.4. The first kappa shape index (κ1) is 29.0. The monoisotopic (exact) mass is 601 g/mol. The second-order valence-electron chi connectivity index (χ2n) is 9.66. The molecule has 0 spiro atoms. The molecular weight excluding hydrogens is 573 g/mol. The smallest absolute Gasteiger partial charge is 0.337 e. The van der Waals surface area contributed by atoms with Crippen molar-refractivity contribution in [1.29, 1.82) is 0 Å². The second kappa shape index (κ2) is 13.0. The molecule has 4 N–H and O–H groups in total. The SMILES string of the molecule is Cc1ccc(Nc2c3ccccc3nc3c(C(=O)O)cccc23)cc1NC(=O)Nc1ccc(N(CCCl)CCCl)cc1. The molecule has 2 amide bonds. The van der Waals surface area contributed by atoms with E-state index in [4.69, 9.17) is 23.2 Å². The van der Waals surface area contributed by atoms with Crippen molar-refractivity contribution >= 4 is 85.4 Å². The summed E-state index contributed by atoms with van der Waals surface area (Å²) in [4.78, 5) is 31.6. The van der Waals surface area contributed by atoms with Crippen LogP contribution in [-0.2, 0) is 0 Å². The molecule has 1 heterocycles. The minimum atomic E-state index is -1.04. The summed E-state index contributed by atoms with van der Waals surface area (Å²) in [5, 5.41) is 20.6. The van der Waals surface area contributed by atoms with Gasteiger partial charge in [0.2, 0.25) is 0 Å². The van der Waals surface area contributed by atoms with Crippen LogP contribution in [0.15, 0.2) is 84.9 Å². The number of urea groups is 1. The number of para-hydroxylation sites is 2. The normalized spacial score (nSPS) is 10.9. The van der Waals surface area contributed by atoms with E-state index in [1.165, 1.54) is 0 Å². The summed E-state index contributed by atoms with van der Waals surface area (Å²) in [7, 11) is 0. The number of anilines is 5. The van der Waals surface area contributed by atoms with Gasteiger partial charge in [0.05, 0.1) is 22.3 Å². The quantitative estimate of drug-likeness (QED) is 0.0952. The maximum Gasteiger partial charge on any atom is 0.337 e. The third-order valence-corrected chi connectivity index (χ3v) is 7.23. The van der Waals surface area contributed by atoms with Crippen LogP contribution in [-0.4, -0.2) is 46.9 Å². The van der Waals surface area contributed by atoms with Crippen LogP contribution < -0.4 is 20.9 Å². The molecule has 4 aromatic carbocycles. The summed E-state index contributed by atoms with van der Waals surface area (Å²) in [6, 6.07) is 25.5. The van der Waals surface area contributed by atoms with Crippen LogP contribution in [0.5, 0.6) is 0 Å². The number of hydrogen-bond acceptors (Lipinski definition) is 5. The maximum absolute atomic E-state index is 12.9. The Balaban J connectivity index is 1.38. The lowest BCUT2D eigenvalue weighted by atomic mass is 10.0. The van der Waals surface area contributed by atoms with Crippen LogP contribution in [0, 0.1) is 6.92 Å². The van der Waals surface area contributed by atoms with Crippen LogP contribution in [0.25, 0.3) is 21.8 Å². The van der Waals surface area contributed by atoms with Gasteiger partial charge in [-0.15, -0.1) is 23.2 Å². The number of carbonyl (C=O) groups is 2. The molecule has 1 aromatic heterocycles. The Kier molecular flexibility index (Phi) is 8.95. The number of benzene rings is 4. The van der Waals surface area contributed by atoms with Crippen molar-refractivity contribution in [3.05, 3.63) is 96.1 Å². The van der Waals surface area contributed by atoms with Crippen molar-refractivity contribution < 1.29 is 14.7 Å². The zero-order valence-electron chi connectivity index (χ0n) is 22.8. The van der Waals surface area contributed by atoms with Gasteiger partial charge in [-0.3, -0.25) is 0 Å². The van der Waals surface area contributed by atoms with Crippen molar-refractivity contribution in [2.24, 2.45) is 0 Å². The second-order valence-corrected chi connectivity index (χ2v) is 10.4. The number of carboxylic acids is 1. The number of carboxylic acid groups (broad SMARTS) is 1. The van der Waals surface area contributed by atoms with Crippen molar-refractivity contribution in [3.63, 3.8) is 0 Å². The summed E-state index contributed by atoms with van der Waals surface area (Å²) >= 11 is 11.8. The molecule has 0 aliphatic rings. The van der Waals surface area contributed by atoms with Gasteiger partial charge in [-0.25, -0.2) is 14.6 Å². The standard InChI is InChI=1S/C32H29Cl2N5O3/c1-20-9-10-22(19-28(20)38-32(42)36-21-11-13-23(14-12-21)39(17-15-33)18-16-34)35-29-24-5-2-3-8-27(24)37-30-25(29)6-4-7-26(30)31(40)41/h2-14,19H,15-18H2,1H3,(H,35,37)(H,40,41)(H2,36,38,42). The minimum absolute atomic E-state index is 0.128. The molecule has 5 aromatic rings. The molecule has 10 heteroatoms. The average molecular weight is 603 g/mol. The molecule has 0 saturated heterocycles. The van der Waals surface area contributed by atoms with E-state index < -0.39 is 5.97 Å². The highest BCUT2D eigenvalue weighted by Gasteiger charge is 2.16. The highest BCUT2D eigenvalue weighted by Crippen LogP contribution is 2.35. The van der Waals surface area contributed by atoms with Gasteiger partial charge < -0.3 is 26.0 Å². The molecule has 0 unspecified atom stereocenters. The van der Waals surface area contributed by atoms with Crippen LogP contribution in [0.3, 0.4) is 0 Å². The fourth-order valence-corrected chi connectivity index (χ4v) is 5.22. The summed E-state index contributed by atoms with van der Waals surface area (Å²) in [5.41, 5.74) is 5.77. The van der Waals surface area contributed by atoms with Gasteiger partial charge >= 0.3 is 12.0 Å². The predicted octanol–water partition coefficient (Wildman–Crippen LogP) is 8.07. The van der Waals surface area contributed by atoms with Crippen LogP contribution in [0.1, 0.15) is 15.9 Å². The molecular formula is C32H29Cl2N5O3. The third-order valence-electron chi connectivity index (χ3n) is 6.90. The minimum Gasteiger partial charge on any atom is -0.478 e. The van der Waals surface area contributed by atoms with Gasteiger partial charge in [0.1, 0.15) is 0 Å². The van der Waals surface area contributed by atoms with E-state index >= 15 is 0 Å². The van der Waals surface area contributed by atoms with E-state index in [1.807, 2.05) is 79.7 Å². The van der Waals surface area contributed by atoms with Gasteiger partial charge in [0.15, 0.2) is 0 Å². The zero-order chi connectivity index (χ0) is 29.6. The number of halogens is 2. The number of aromatic nitrogens is 1. The first-order valence-corrected chi connectivity index (χ1v) is 14.4. The maximum atomic E-state index is 12.9. The molecule has 42 heavy (non-hydrogen) atoms. The van der Waals surface area contributed by atoms with Gasteiger partial charge in [0, 0.05) is 58.4 Å². The van der Waals surface area contributed by atoms with Crippen molar-refractivity contribution in [1.82, 2.24) is 4.98 Å². The van der Waals surface area contributed by atoms with Crippen molar-refractivity contribution in [2.75, 3.05) is 45.7 Å². The number of aryl methyl sites for hydroxylation is 1. The Hall–Kier alpha value is -4.53. The number of rotatable bonds is 10. The van der Waals surface area contributed by atoms with Gasteiger partial charge in [-0.05, 0) is 61.0 Å². The molecule has 0 radical (unpaired) electrons. The molecule has 0 bridgehead atoms. The van der Waals surface area contributed by atoms with Gasteiger partial charge in [-0.2, -0.15) is 0 Å². The fourth-order valence-electron chi connectivity index (χ4n) is 4.81. The molecule has 0 fully saturated rings. The summed E-state index contributed by atoms with van der Waals surface area (Å²) in [6.07, 6.45) is 0. The van der Waals surface area contributed by atoms with E-state index in [0.717, 1.165) is 28.0 Å². The van der Waals surface area contributed by atoms with E-state index in [0.29, 0.717) is 52.6 Å². The zero-order valence-corrected chi connectivity index (χ0v) is 24.3. The molecule has 0 aliphatic heterocycles. The Bertz CT molecular complexity index is 1760. The largest absolute Gasteiger partial charge is 0.478 e. The number of fused-ring (bicyclic) bond motifs is 2. The Labute approximate surface area is 253 Å². The van der Waals surface area contributed by atoms with E-state index in [9.17, 15) is 14.7 Å². The van der Waals surface area contributed by atoms with Gasteiger partial charge in [-0.1, -0.05) is 36.4 Å². The number of hydrogen-bond donors (Lipinski definition) is 4. The molecule has 5 rings (SSSR count). The van der Waals surface area contributed by atoms with E-state index in [-0.39, 0.29) is 11.6 Å². The molecule has 0 atom stereocenters. The lowest BCUT2D eigenvalue weighted by Gasteiger charge is -2.23.